The summed E-state index contributed by atoms with van der Waals surface area (Å²) in [5.74, 6) is -0.178. The summed E-state index contributed by atoms with van der Waals surface area (Å²) in [6, 6.07) is 6.93. The van der Waals surface area contributed by atoms with Gasteiger partial charge in [0.2, 0.25) is 0 Å². The van der Waals surface area contributed by atoms with E-state index in [1.165, 1.54) is 17.7 Å². The Labute approximate surface area is 180 Å². The number of carbonyl (C=O) groups is 1. The van der Waals surface area contributed by atoms with Crippen LogP contribution in [-0.4, -0.2) is 18.9 Å². The first kappa shape index (κ1) is 21.6. The molecule has 0 fully saturated rings. The van der Waals surface area contributed by atoms with Crippen LogP contribution in [0.1, 0.15) is 28.7 Å². The van der Waals surface area contributed by atoms with Gasteiger partial charge in [-0.2, -0.15) is 0 Å². The molecule has 0 amide bonds. The normalized spacial score (nSPS) is 11.5. The third-order valence-electron chi connectivity index (χ3n) is 3.87. The number of esters is 1. The molecular weight excluding hydrogens is 582 g/mol. The predicted molar refractivity (Wildman–Crippen MR) is 114 cm³/mol. The summed E-state index contributed by atoms with van der Waals surface area (Å²) in [5, 5.41) is 0. The van der Waals surface area contributed by atoms with Crippen LogP contribution in [0.2, 0.25) is 0 Å². The van der Waals surface area contributed by atoms with E-state index >= 15 is 0 Å². The Morgan fingerprint density at radius 3 is 2.00 bits per heavy atom. The molecule has 0 atom stereocenters. The lowest BCUT2D eigenvalue weighted by molar-refractivity contribution is -0.134. The molecule has 0 spiro atoms. The smallest absolute Gasteiger partial charge is 0.311 e. The molecule has 2 aromatic rings. The number of ether oxygens (including phenoxy) is 1. The van der Waals surface area contributed by atoms with Gasteiger partial charge in [0.05, 0.1) is 4.90 Å². The van der Waals surface area contributed by atoms with Crippen molar-refractivity contribution in [3.05, 3.63) is 53.7 Å². The van der Waals surface area contributed by atoms with Crippen molar-refractivity contribution in [3.63, 3.8) is 0 Å². The van der Waals surface area contributed by atoms with Crippen LogP contribution < -0.4 is 4.74 Å². The number of halogens is 2. The highest BCUT2D eigenvalue weighted by atomic mass is 127. The third kappa shape index (κ3) is 5.40. The molecular formula is C18H17I2O5S-. The topological polar surface area (TPSA) is 83.5 Å². The maximum atomic E-state index is 12.2. The van der Waals surface area contributed by atoms with Gasteiger partial charge in [-0.1, -0.05) is 17.7 Å². The van der Waals surface area contributed by atoms with E-state index in [0.717, 1.165) is 16.7 Å². The first-order chi connectivity index (χ1) is 12.0. The maximum Gasteiger partial charge on any atom is 0.311 e. The molecule has 0 bridgehead atoms. The largest absolute Gasteiger partial charge is 0.744 e. The fourth-order valence-electron chi connectivity index (χ4n) is 2.85. The van der Waals surface area contributed by atoms with Gasteiger partial charge in [0.15, 0.2) is 0 Å². The van der Waals surface area contributed by atoms with Gasteiger partial charge in [0.25, 0.3) is 0 Å². The molecule has 0 aromatic heterocycles. The fraction of sp³-hybridized carbons (Fsp3) is 0.278. The predicted octanol–water partition coefficient (Wildman–Crippen LogP) is 4.26. The Morgan fingerprint density at radius 2 is 1.54 bits per heavy atom. The molecule has 5 nitrogen and oxygen atoms in total. The van der Waals surface area contributed by atoms with Crippen molar-refractivity contribution < 1.29 is 22.5 Å². The minimum Gasteiger partial charge on any atom is -0.744 e. The number of hydrogen-bond acceptors (Lipinski definition) is 5. The van der Waals surface area contributed by atoms with Gasteiger partial charge >= 0.3 is 5.97 Å². The first-order valence-corrected chi connectivity index (χ1v) is 11.3. The van der Waals surface area contributed by atoms with E-state index in [-0.39, 0.29) is 24.2 Å². The van der Waals surface area contributed by atoms with Gasteiger partial charge < -0.3 is 9.29 Å². The van der Waals surface area contributed by atoms with Crippen molar-refractivity contribution in [2.75, 3.05) is 0 Å². The van der Waals surface area contributed by atoms with Crippen LogP contribution >= 0.6 is 45.2 Å². The standard InChI is InChI=1S/C18H18I2O5S/c1-10-6-11(2)14(12(3)7-10)4-5-17(21)25-13-8-15(19)18(16(20)9-13)26(22,23)24/h6-9H,4-5H2,1-3H3,(H,22,23,24)/p-1. The average Bonchev–Trinajstić information content (AvgIpc) is 2.43. The van der Waals surface area contributed by atoms with Crippen molar-refractivity contribution in [1.29, 1.82) is 0 Å². The van der Waals surface area contributed by atoms with Gasteiger partial charge in [0, 0.05) is 13.6 Å². The molecule has 0 unspecified atom stereocenters. The molecule has 140 valence electrons. The minimum atomic E-state index is -4.57. The molecule has 8 heteroatoms. The first-order valence-electron chi connectivity index (χ1n) is 7.71. The van der Waals surface area contributed by atoms with Crippen LogP contribution in [0.15, 0.2) is 29.2 Å². The van der Waals surface area contributed by atoms with Crippen LogP contribution in [0.25, 0.3) is 0 Å². The second-order valence-corrected chi connectivity index (χ2v) is 9.66. The fourth-order valence-corrected chi connectivity index (χ4v) is 6.77. The summed E-state index contributed by atoms with van der Waals surface area (Å²) in [4.78, 5) is 11.9. The van der Waals surface area contributed by atoms with Crippen molar-refractivity contribution in [2.24, 2.45) is 0 Å². The molecule has 26 heavy (non-hydrogen) atoms. The second kappa shape index (κ2) is 8.53. The van der Waals surface area contributed by atoms with Crippen LogP contribution in [0.5, 0.6) is 5.75 Å². The van der Waals surface area contributed by atoms with E-state index in [1.807, 2.05) is 20.8 Å². The molecule has 0 aliphatic rings. The lowest BCUT2D eigenvalue weighted by Gasteiger charge is -2.14. The van der Waals surface area contributed by atoms with Gasteiger partial charge in [-0.25, -0.2) is 8.42 Å². The van der Waals surface area contributed by atoms with Crippen molar-refractivity contribution in [3.8, 4) is 5.75 Å². The third-order valence-corrected chi connectivity index (χ3v) is 7.25. The van der Waals surface area contributed by atoms with E-state index in [9.17, 15) is 17.8 Å². The molecule has 0 saturated heterocycles. The van der Waals surface area contributed by atoms with Gasteiger partial charge in [-0.05, 0) is 101 Å². The molecule has 2 aromatic carbocycles. The zero-order valence-corrected chi connectivity index (χ0v) is 19.6. The van der Waals surface area contributed by atoms with Crippen molar-refractivity contribution in [2.45, 2.75) is 38.5 Å². The molecule has 0 aliphatic carbocycles. The highest BCUT2D eigenvalue weighted by Gasteiger charge is 2.16. The highest BCUT2D eigenvalue weighted by molar-refractivity contribution is 14.1. The quantitative estimate of drug-likeness (QED) is 0.222. The van der Waals surface area contributed by atoms with E-state index in [1.54, 1.807) is 45.2 Å². The minimum absolute atomic E-state index is 0.208. The zero-order chi connectivity index (χ0) is 19.6. The summed E-state index contributed by atoms with van der Waals surface area (Å²) in [6.07, 6.45) is 0.775. The Hall–Kier alpha value is -0.720. The van der Waals surface area contributed by atoms with E-state index in [2.05, 4.69) is 12.1 Å². The molecule has 0 saturated carbocycles. The van der Waals surface area contributed by atoms with Crippen molar-refractivity contribution >= 4 is 61.3 Å². The summed E-state index contributed by atoms with van der Waals surface area (Å²) in [5.41, 5.74) is 4.60. The number of carbonyl (C=O) groups excluding carboxylic acids is 1. The number of hydrogen-bond donors (Lipinski definition) is 0. The molecule has 2 rings (SSSR count). The van der Waals surface area contributed by atoms with Gasteiger partial charge in [0.1, 0.15) is 15.9 Å². The Kier molecular flexibility index (Phi) is 7.08. The zero-order valence-electron chi connectivity index (χ0n) is 14.4. The Balaban J connectivity index is 2.12. The van der Waals surface area contributed by atoms with Crippen LogP contribution in [0, 0.1) is 27.9 Å². The van der Waals surface area contributed by atoms with E-state index < -0.39 is 16.1 Å². The Morgan fingerprint density at radius 1 is 1.04 bits per heavy atom. The highest BCUT2D eigenvalue weighted by Crippen LogP contribution is 2.29. The van der Waals surface area contributed by atoms with Crippen LogP contribution in [0.4, 0.5) is 0 Å². The van der Waals surface area contributed by atoms with E-state index in [4.69, 9.17) is 4.74 Å². The second-order valence-electron chi connectivity index (χ2n) is 6.02. The summed E-state index contributed by atoms with van der Waals surface area (Å²) < 4.78 is 39.6. The summed E-state index contributed by atoms with van der Waals surface area (Å²) in [6.45, 7) is 6.08. The lowest BCUT2D eigenvalue weighted by atomic mass is 9.96. The average molecular weight is 599 g/mol. The monoisotopic (exact) mass is 599 g/mol. The number of benzene rings is 2. The van der Waals surface area contributed by atoms with Gasteiger partial charge in [-0.3, -0.25) is 4.79 Å². The Bertz CT molecular complexity index is 922. The molecule has 0 radical (unpaired) electrons. The summed E-state index contributed by atoms with van der Waals surface area (Å²) >= 11 is 3.50. The van der Waals surface area contributed by atoms with Gasteiger partial charge in [-0.15, -0.1) is 0 Å². The maximum absolute atomic E-state index is 12.2. The van der Waals surface area contributed by atoms with Crippen molar-refractivity contribution in [1.82, 2.24) is 0 Å². The van der Waals surface area contributed by atoms with Crippen LogP contribution in [0.3, 0.4) is 0 Å². The molecule has 0 N–H and O–H groups in total. The lowest BCUT2D eigenvalue weighted by Crippen LogP contribution is -2.11. The SMILES string of the molecule is Cc1cc(C)c(CCC(=O)Oc2cc(I)c(S(=O)(=O)[O-])c(I)c2)c(C)c1. The molecule has 0 heterocycles. The molecule has 0 aliphatic heterocycles. The number of rotatable bonds is 5. The van der Waals surface area contributed by atoms with E-state index in [0.29, 0.717) is 6.42 Å². The summed E-state index contributed by atoms with van der Waals surface area (Å²) in [7, 11) is -4.57. The van der Waals surface area contributed by atoms with Crippen LogP contribution in [-0.2, 0) is 21.3 Å². The number of aryl methyl sites for hydroxylation is 3.